The highest BCUT2D eigenvalue weighted by Crippen LogP contribution is 2.45. The Kier molecular flexibility index (Phi) is 8.11. The summed E-state index contributed by atoms with van der Waals surface area (Å²) >= 11 is 6.31. The van der Waals surface area contributed by atoms with E-state index in [1.165, 1.54) is 30.5 Å². The molecule has 2 aliphatic rings. The highest BCUT2D eigenvalue weighted by Gasteiger charge is 2.50. The third kappa shape index (κ3) is 6.16. The quantitative estimate of drug-likeness (QED) is 0.257. The predicted octanol–water partition coefficient (Wildman–Crippen LogP) is 5.11. The Hall–Kier alpha value is -4.52. The fourth-order valence-electron chi connectivity index (χ4n) is 6.96. The first-order valence-electron chi connectivity index (χ1n) is 15.4. The Labute approximate surface area is 275 Å². The molecular weight excluding hydrogens is 626 g/mol. The van der Waals surface area contributed by atoms with Crippen LogP contribution in [0.3, 0.4) is 0 Å². The van der Waals surface area contributed by atoms with Gasteiger partial charge in [0.15, 0.2) is 5.82 Å². The third-order valence-electron chi connectivity index (χ3n) is 9.37. The number of aromatic nitrogens is 6. The maximum atomic E-state index is 14.0. The van der Waals surface area contributed by atoms with Gasteiger partial charge in [-0.2, -0.15) is 5.10 Å². The molecule has 2 aromatic carbocycles. The number of halogens is 3. The van der Waals surface area contributed by atoms with Crippen molar-refractivity contribution in [1.82, 2.24) is 29.7 Å². The zero-order valence-corrected chi connectivity index (χ0v) is 26.3. The molecule has 13 heteroatoms. The summed E-state index contributed by atoms with van der Waals surface area (Å²) in [5, 5.41) is 29.1. The molecule has 4 unspecified atom stereocenters. The van der Waals surface area contributed by atoms with E-state index in [1.807, 2.05) is 13.1 Å². The van der Waals surface area contributed by atoms with Crippen LogP contribution in [0, 0.1) is 18.6 Å². The molecule has 2 aliphatic heterocycles. The van der Waals surface area contributed by atoms with Gasteiger partial charge in [0.25, 0.3) is 0 Å². The molecule has 47 heavy (non-hydrogen) atoms. The fourth-order valence-corrected chi connectivity index (χ4v) is 7.11. The van der Waals surface area contributed by atoms with Gasteiger partial charge in [0.1, 0.15) is 28.4 Å². The van der Waals surface area contributed by atoms with Crippen LogP contribution in [0.15, 0.2) is 85.7 Å². The second-order valence-electron chi connectivity index (χ2n) is 12.4. The first kappa shape index (κ1) is 31.1. The molecule has 3 aromatic heterocycles. The Balaban J connectivity index is 1.35. The lowest BCUT2D eigenvalue weighted by molar-refractivity contribution is -0.0293. The van der Waals surface area contributed by atoms with Crippen molar-refractivity contribution < 1.29 is 19.0 Å². The van der Waals surface area contributed by atoms with Crippen LogP contribution in [-0.2, 0) is 11.2 Å². The van der Waals surface area contributed by atoms with Crippen LogP contribution in [0.2, 0.25) is 5.15 Å². The van der Waals surface area contributed by atoms with Crippen molar-refractivity contribution in [3.05, 3.63) is 119 Å². The monoisotopic (exact) mass is 658 g/mol. The van der Waals surface area contributed by atoms with Crippen LogP contribution >= 0.6 is 11.6 Å². The van der Waals surface area contributed by atoms with Crippen LogP contribution in [0.4, 0.5) is 20.4 Å². The Bertz CT molecular complexity index is 1880. The van der Waals surface area contributed by atoms with Crippen molar-refractivity contribution in [2.75, 3.05) is 22.9 Å². The van der Waals surface area contributed by atoms with E-state index in [9.17, 15) is 19.0 Å². The first-order valence-corrected chi connectivity index (χ1v) is 15.8. The number of nitrogens with zero attached hydrogens (tertiary/aromatic N) is 8. The van der Waals surface area contributed by atoms with Crippen LogP contribution in [0.5, 0.6) is 0 Å². The number of aliphatic hydroxyl groups is 2. The van der Waals surface area contributed by atoms with E-state index in [0.29, 0.717) is 54.5 Å². The minimum Gasteiger partial charge on any atom is -0.385 e. The van der Waals surface area contributed by atoms with E-state index in [2.05, 4.69) is 29.9 Å². The molecular formula is C34H33ClF2N8O2. The predicted molar refractivity (Wildman–Crippen MR) is 172 cm³/mol. The summed E-state index contributed by atoms with van der Waals surface area (Å²) in [6.45, 7) is 2.68. The fraction of sp³-hybridized carbons (Fsp3) is 0.324. The molecule has 10 nitrogen and oxygen atoms in total. The summed E-state index contributed by atoms with van der Waals surface area (Å²) in [5.74, 6) is 0.822. The lowest BCUT2D eigenvalue weighted by Gasteiger charge is -2.54. The second-order valence-corrected chi connectivity index (χ2v) is 12.8. The number of anilines is 2. The average molecular weight is 659 g/mol. The lowest BCUT2D eigenvalue weighted by Crippen LogP contribution is -2.63. The zero-order valence-electron chi connectivity index (χ0n) is 25.6. The molecule has 0 bridgehead atoms. The first-order chi connectivity index (χ1) is 22.6. The molecule has 5 heterocycles. The molecule has 4 atom stereocenters. The molecule has 0 amide bonds. The van der Waals surface area contributed by atoms with Crippen LogP contribution in [0.1, 0.15) is 42.4 Å². The Morgan fingerprint density at radius 1 is 0.702 bits per heavy atom. The van der Waals surface area contributed by atoms with Gasteiger partial charge in [0.2, 0.25) is 0 Å². The number of hydrogen-bond acceptors (Lipinski definition) is 9. The number of piperidine rings is 2. The second kappa shape index (κ2) is 12.3. The van der Waals surface area contributed by atoms with E-state index >= 15 is 0 Å². The maximum absolute atomic E-state index is 14.0. The molecule has 0 saturated carbocycles. The standard InChI is InChI=1S/C34H33ClF2N8O2/c1-22-16-40-45(21-22)32-20-39-19-31(42-32)44-13-11-34(47,24-4-8-26(37)9-5-24)15-28(44)27-14-33(46,23-2-6-25(36)7-3-23)10-12-43(27)30-18-38-17-29(35)41-30/h2-9,16-21,27-28,46-47H,10-15H2,1H3. The van der Waals surface area contributed by atoms with Gasteiger partial charge < -0.3 is 20.0 Å². The maximum Gasteiger partial charge on any atom is 0.173 e. The van der Waals surface area contributed by atoms with Crippen molar-refractivity contribution in [2.24, 2.45) is 0 Å². The molecule has 0 spiro atoms. The summed E-state index contributed by atoms with van der Waals surface area (Å²) in [6, 6.07) is 10.9. The number of rotatable bonds is 6. The largest absolute Gasteiger partial charge is 0.385 e. The molecule has 242 valence electrons. The lowest BCUT2D eigenvalue weighted by atomic mass is 9.73. The van der Waals surface area contributed by atoms with Gasteiger partial charge in [-0.1, -0.05) is 35.9 Å². The van der Waals surface area contributed by atoms with Crippen LogP contribution in [0.25, 0.3) is 5.82 Å². The summed E-state index contributed by atoms with van der Waals surface area (Å²) in [7, 11) is 0. The topological polar surface area (TPSA) is 116 Å². The third-order valence-corrected chi connectivity index (χ3v) is 9.55. The van der Waals surface area contributed by atoms with Crippen molar-refractivity contribution in [2.45, 2.75) is 55.9 Å². The highest BCUT2D eigenvalue weighted by molar-refractivity contribution is 6.29. The van der Waals surface area contributed by atoms with E-state index in [0.717, 1.165) is 5.56 Å². The molecule has 0 aliphatic carbocycles. The summed E-state index contributed by atoms with van der Waals surface area (Å²) in [4.78, 5) is 22.4. The molecule has 2 saturated heterocycles. The number of hydrogen-bond donors (Lipinski definition) is 2. The van der Waals surface area contributed by atoms with Gasteiger partial charge in [-0.05, 0) is 60.7 Å². The van der Waals surface area contributed by atoms with Crippen molar-refractivity contribution >= 4 is 23.2 Å². The van der Waals surface area contributed by atoms with Gasteiger partial charge in [-0.15, -0.1) is 0 Å². The van der Waals surface area contributed by atoms with Crippen molar-refractivity contribution in [3.63, 3.8) is 0 Å². The van der Waals surface area contributed by atoms with Gasteiger partial charge >= 0.3 is 0 Å². The summed E-state index contributed by atoms with van der Waals surface area (Å²) < 4.78 is 29.6. The van der Waals surface area contributed by atoms with E-state index < -0.39 is 34.9 Å². The molecule has 2 N–H and O–H groups in total. The summed E-state index contributed by atoms with van der Waals surface area (Å²) in [6.07, 6.45) is 11.1. The molecule has 5 aromatic rings. The average Bonchev–Trinajstić information content (AvgIpc) is 3.51. The zero-order chi connectivity index (χ0) is 32.8. The Morgan fingerprint density at radius 2 is 1.19 bits per heavy atom. The summed E-state index contributed by atoms with van der Waals surface area (Å²) in [5.41, 5.74) is -0.492. The van der Waals surface area contributed by atoms with E-state index in [-0.39, 0.29) is 18.0 Å². The Morgan fingerprint density at radius 3 is 1.68 bits per heavy atom. The van der Waals surface area contributed by atoms with Crippen LogP contribution in [-0.4, -0.2) is 65.1 Å². The normalized spacial score (nSPS) is 24.8. The smallest absolute Gasteiger partial charge is 0.173 e. The SMILES string of the molecule is Cc1cnn(-c2cncc(N3CCC(O)(c4ccc(F)cc4)CC3C3CC(O)(c4ccc(F)cc4)CCN3c3cncc(Cl)n3)n2)c1. The minimum atomic E-state index is -1.32. The van der Waals surface area contributed by atoms with Gasteiger partial charge in [0, 0.05) is 32.1 Å². The number of aryl methyl sites for hydroxylation is 1. The highest BCUT2D eigenvalue weighted by atomic mass is 35.5. The number of benzene rings is 2. The molecule has 0 radical (unpaired) electrons. The molecule has 2 fully saturated rings. The van der Waals surface area contributed by atoms with Gasteiger partial charge in [0.05, 0.1) is 54.3 Å². The van der Waals surface area contributed by atoms with Gasteiger partial charge in [-0.3, -0.25) is 9.97 Å². The van der Waals surface area contributed by atoms with E-state index in [4.69, 9.17) is 16.6 Å². The van der Waals surface area contributed by atoms with Crippen molar-refractivity contribution in [1.29, 1.82) is 0 Å². The van der Waals surface area contributed by atoms with Crippen molar-refractivity contribution in [3.8, 4) is 5.82 Å². The van der Waals surface area contributed by atoms with Gasteiger partial charge in [-0.25, -0.2) is 23.4 Å². The molecule has 7 rings (SSSR count). The minimum absolute atomic E-state index is 0.207. The van der Waals surface area contributed by atoms with E-state index in [1.54, 1.807) is 53.7 Å². The van der Waals surface area contributed by atoms with Crippen LogP contribution < -0.4 is 9.80 Å².